The van der Waals surface area contributed by atoms with E-state index >= 15 is 0 Å². The molecule has 0 aromatic carbocycles. The van der Waals surface area contributed by atoms with Crippen LogP contribution in [0.3, 0.4) is 0 Å². The van der Waals surface area contributed by atoms with E-state index in [1.54, 1.807) is 7.11 Å². The van der Waals surface area contributed by atoms with Crippen LogP contribution < -0.4 is 5.32 Å². The first-order valence-electron chi connectivity index (χ1n) is 7.96. The van der Waals surface area contributed by atoms with E-state index in [2.05, 4.69) is 17.1 Å². The highest BCUT2D eigenvalue weighted by Gasteiger charge is 2.18. The molecule has 1 heterocycles. The van der Waals surface area contributed by atoms with E-state index in [0.717, 1.165) is 26.1 Å². The number of ether oxygens (including phenoxy) is 2. The fraction of sp³-hybridized carbons (Fsp3) is 1.00. The molecule has 0 bridgehead atoms. The molecule has 1 saturated heterocycles. The molecule has 120 valence electrons. The van der Waals surface area contributed by atoms with Crippen LogP contribution >= 0.6 is 0 Å². The van der Waals surface area contributed by atoms with Crippen molar-refractivity contribution in [1.29, 1.82) is 0 Å². The van der Waals surface area contributed by atoms with Gasteiger partial charge < -0.3 is 19.9 Å². The number of nitrogens with zero attached hydrogens (tertiary/aromatic N) is 1. The number of hydrogen-bond acceptors (Lipinski definition) is 5. The molecular weight excluding hydrogens is 256 g/mol. The smallest absolute Gasteiger partial charge is 0.0900 e. The Hall–Kier alpha value is -0.200. The number of methoxy groups -OCH3 is 1. The molecular formula is C15H32N2O3. The van der Waals surface area contributed by atoms with Gasteiger partial charge in [0.25, 0.3) is 0 Å². The topological polar surface area (TPSA) is 54.0 Å². The van der Waals surface area contributed by atoms with Gasteiger partial charge in [-0.3, -0.25) is 4.90 Å². The molecule has 0 spiro atoms. The predicted molar refractivity (Wildman–Crippen MR) is 81.1 cm³/mol. The van der Waals surface area contributed by atoms with E-state index in [1.807, 2.05) is 0 Å². The summed E-state index contributed by atoms with van der Waals surface area (Å²) in [5.74, 6) is 0. The molecule has 0 saturated carbocycles. The molecule has 0 radical (unpaired) electrons. The van der Waals surface area contributed by atoms with Gasteiger partial charge in [0.05, 0.1) is 25.9 Å². The summed E-state index contributed by atoms with van der Waals surface area (Å²) in [6, 6.07) is 0.580. The summed E-state index contributed by atoms with van der Waals surface area (Å²) in [6.45, 7) is 7.59. The van der Waals surface area contributed by atoms with Crippen molar-refractivity contribution in [2.45, 2.75) is 44.8 Å². The average molecular weight is 288 g/mol. The first kappa shape index (κ1) is 17.9. The minimum atomic E-state index is -0.415. The number of hydrogen-bond donors (Lipinski definition) is 2. The lowest BCUT2D eigenvalue weighted by Gasteiger charge is -2.31. The highest BCUT2D eigenvalue weighted by atomic mass is 16.5. The second-order valence-electron chi connectivity index (χ2n) is 5.63. The van der Waals surface area contributed by atoms with Crippen LogP contribution in [0, 0.1) is 0 Å². The lowest BCUT2D eigenvalue weighted by Crippen LogP contribution is -2.46. The SMILES string of the molecule is CCCN(CC(O)COCCOC)CC1CCCCN1. The lowest BCUT2D eigenvalue weighted by atomic mass is 10.0. The van der Waals surface area contributed by atoms with E-state index in [4.69, 9.17) is 9.47 Å². The summed E-state index contributed by atoms with van der Waals surface area (Å²) in [6.07, 6.45) is 4.56. The standard InChI is InChI=1S/C15H32N2O3/c1-3-8-17(11-14-6-4-5-7-16-14)12-15(18)13-20-10-9-19-2/h14-16,18H,3-13H2,1-2H3. The summed E-state index contributed by atoms with van der Waals surface area (Å²) in [7, 11) is 1.65. The van der Waals surface area contributed by atoms with Crippen molar-refractivity contribution in [3.8, 4) is 0 Å². The monoisotopic (exact) mass is 288 g/mol. The van der Waals surface area contributed by atoms with E-state index in [1.165, 1.54) is 19.3 Å². The maximum absolute atomic E-state index is 10.0. The molecule has 2 atom stereocenters. The summed E-state index contributed by atoms with van der Waals surface area (Å²) in [5.41, 5.74) is 0. The fourth-order valence-corrected chi connectivity index (χ4v) is 2.68. The Bertz CT molecular complexity index is 223. The summed E-state index contributed by atoms with van der Waals surface area (Å²) in [5, 5.41) is 13.6. The predicted octanol–water partition coefficient (Wildman–Crippen LogP) is 0.864. The van der Waals surface area contributed by atoms with E-state index in [0.29, 0.717) is 32.4 Å². The molecule has 2 unspecified atom stereocenters. The van der Waals surface area contributed by atoms with Gasteiger partial charge in [-0.1, -0.05) is 13.3 Å². The number of piperidine rings is 1. The normalized spacial score (nSPS) is 21.3. The molecule has 20 heavy (non-hydrogen) atoms. The average Bonchev–Trinajstić information content (AvgIpc) is 2.45. The van der Waals surface area contributed by atoms with Crippen molar-refractivity contribution < 1.29 is 14.6 Å². The largest absolute Gasteiger partial charge is 0.389 e. The molecule has 5 nitrogen and oxygen atoms in total. The minimum Gasteiger partial charge on any atom is -0.389 e. The van der Waals surface area contributed by atoms with Crippen LogP contribution in [-0.2, 0) is 9.47 Å². The van der Waals surface area contributed by atoms with Gasteiger partial charge in [-0.2, -0.15) is 0 Å². The van der Waals surface area contributed by atoms with Gasteiger partial charge in [-0.15, -0.1) is 0 Å². The number of rotatable bonds is 11. The van der Waals surface area contributed by atoms with Gasteiger partial charge in [-0.25, -0.2) is 0 Å². The Morgan fingerprint density at radius 2 is 2.20 bits per heavy atom. The maximum atomic E-state index is 10.0. The van der Waals surface area contributed by atoms with Crippen molar-refractivity contribution in [2.75, 3.05) is 53.1 Å². The van der Waals surface area contributed by atoms with Crippen molar-refractivity contribution in [3.63, 3.8) is 0 Å². The van der Waals surface area contributed by atoms with Crippen molar-refractivity contribution in [2.24, 2.45) is 0 Å². The van der Waals surface area contributed by atoms with Crippen molar-refractivity contribution in [3.05, 3.63) is 0 Å². The molecule has 0 aromatic heterocycles. The minimum absolute atomic E-state index is 0.391. The Kier molecular flexibility index (Phi) is 10.2. The zero-order valence-electron chi connectivity index (χ0n) is 13.1. The second kappa shape index (κ2) is 11.5. The van der Waals surface area contributed by atoms with Gasteiger partial charge in [0.15, 0.2) is 0 Å². The van der Waals surface area contributed by atoms with Crippen LogP contribution in [-0.4, -0.2) is 75.3 Å². The lowest BCUT2D eigenvalue weighted by molar-refractivity contribution is -0.00187. The third-order valence-electron chi connectivity index (χ3n) is 3.64. The molecule has 0 amide bonds. The van der Waals surface area contributed by atoms with Gasteiger partial charge >= 0.3 is 0 Å². The number of aliphatic hydroxyl groups excluding tert-OH is 1. The van der Waals surface area contributed by atoms with E-state index in [9.17, 15) is 5.11 Å². The molecule has 1 aliphatic rings. The van der Waals surface area contributed by atoms with Gasteiger partial charge in [-0.05, 0) is 32.4 Å². The Labute approximate surface area is 123 Å². The van der Waals surface area contributed by atoms with Gasteiger partial charge in [0, 0.05) is 26.2 Å². The Morgan fingerprint density at radius 3 is 2.85 bits per heavy atom. The second-order valence-corrected chi connectivity index (χ2v) is 5.63. The molecule has 1 fully saturated rings. The third kappa shape index (κ3) is 8.17. The summed E-state index contributed by atoms with van der Waals surface area (Å²) < 4.78 is 10.3. The molecule has 1 rings (SSSR count). The van der Waals surface area contributed by atoms with Crippen LogP contribution in [0.2, 0.25) is 0 Å². The van der Waals surface area contributed by atoms with Crippen molar-refractivity contribution in [1.82, 2.24) is 10.2 Å². The fourth-order valence-electron chi connectivity index (χ4n) is 2.68. The van der Waals surface area contributed by atoms with Crippen LogP contribution in [0.1, 0.15) is 32.6 Å². The highest BCUT2D eigenvalue weighted by molar-refractivity contribution is 4.77. The Balaban J connectivity index is 2.22. The molecule has 2 N–H and O–H groups in total. The first-order chi connectivity index (χ1) is 9.76. The van der Waals surface area contributed by atoms with Gasteiger partial charge in [0.1, 0.15) is 0 Å². The summed E-state index contributed by atoms with van der Waals surface area (Å²) in [4.78, 5) is 2.35. The van der Waals surface area contributed by atoms with Gasteiger partial charge in [0.2, 0.25) is 0 Å². The van der Waals surface area contributed by atoms with Crippen LogP contribution in [0.5, 0.6) is 0 Å². The molecule has 5 heteroatoms. The Morgan fingerprint density at radius 1 is 1.35 bits per heavy atom. The molecule has 0 aliphatic carbocycles. The van der Waals surface area contributed by atoms with Crippen LogP contribution in [0.15, 0.2) is 0 Å². The number of nitrogens with one attached hydrogen (secondary N) is 1. The zero-order chi connectivity index (χ0) is 14.6. The highest BCUT2D eigenvalue weighted by Crippen LogP contribution is 2.09. The molecule has 0 aromatic rings. The first-order valence-corrected chi connectivity index (χ1v) is 7.96. The van der Waals surface area contributed by atoms with Crippen LogP contribution in [0.25, 0.3) is 0 Å². The third-order valence-corrected chi connectivity index (χ3v) is 3.64. The van der Waals surface area contributed by atoms with E-state index < -0.39 is 6.10 Å². The maximum Gasteiger partial charge on any atom is 0.0900 e. The van der Waals surface area contributed by atoms with E-state index in [-0.39, 0.29) is 0 Å². The molecule has 1 aliphatic heterocycles. The van der Waals surface area contributed by atoms with Crippen LogP contribution in [0.4, 0.5) is 0 Å². The quantitative estimate of drug-likeness (QED) is 0.552. The summed E-state index contributed by atoms with van der Waals surface area (Å²) >= 11 is 0. The number of aliphatic hydroxyl groups is 1. The van der Waals surface area contributed by atoms with Crippen molar-refractivity contribution >= 4 is 0 Å². The zero-order valence-corrected chi connectivity index (χ0v) is 13.1.